The summed E-state index contributed by atoms with van der Waals surface area (Å²) >= 11 is 5.22. The Morgan fingerprint density at radius 2 is 1.38 bits per heavy atom. The predicted octanol–water partition coefficient (Wildman–Crippen LogP) is 4.14. The minimum absolute atomic E-state index is 0.475. The number of hydrogen-bond acceptors (Lipinski definition) is 4. The van der Waals surface area contributed by atoms with Crippen LogP contribution < -0.4 is 20.2 Å². The molecule has 0 aliphatic carbocycles. The zero-order chi connectivity index (χ0) is 20.2. The molecule has 0 aromatic heterocycles. The molecule has 0 spiro atoms. The Balaban J connectivity index is 1.34. The number of hydrogen-bond donors (Lipinski definition) is 2. The van der Waals surface area contributed by atoms with Gasteiger partial charge >= 0.3 is 0 Å². The molecule has 0 aliphatic rings. The van der Waals surface area contributed by atoms with Crippen LogP contribution in [0.25, 0.3) is 0 Å². The lowest BCUT2D eigenvalue weighted by atomic mass is 10.2. The van der Waals surface area contributed by atoms with Crippen LogP contribution >= 0.6 is 12.2 Å². The number of rotatable bonds is 9. The van der Waals surface area contributed by atoms with Crippen LogP contribution in [0.1, 0.15) is 11.1 Å². The van der Waals surface area contributed by atoms with E-state index in [1.807, 2.05) is 84.9 Å². The topological polar surface area (TPSA) is 54.9 Å². The first-order valence-electron chi connectivity index (χ1n) is 9.31. The van der Waals surface area contributed by atoms with Crippen LogP contribution in [0.2, 0.25) is 0 Å². The van der Waals surface area contributed by atoms with Gasteiger partial charge in [-0.25, -0.2) is 0 Å². The fourth-order valence-electron chi connectivity index (χ4n) is 2.47. The summed E-state index contributed by atoms with van der Waals surface area (Å²) in [5, 5.41) is 7.74. The lowest BCUT2D eigenvalue weighted by molar-refractivity contribution is 0.217. The summed E-state index contributed by atoms with van der Waals surface area (Å²) in [5.74, 6) is 1.62. The van der Waals surface area contributed by atoms with Crippen molar-refractivity contribution in [1.82, 2.24) is 10.7 Å². The Labute approximate surface area is 176 Å². The van der Waals surface area contributed by atoms with Gasteiger partial charge in [0.05, 0.1) is 6.21 Å². The van der Waals surface area contributed by atoms with E-state index in [1.165, 1.54) is 0 Å². The highest BCUT2D eigenvalue weighted by atomic mass is 32.1. The van der Waals surface area contributed by atoms with Gasteiger partial charge in [-0.1, -0.05) is 48.5 Å². The van der Waals surface area contributed by atoms with Crippen molar-refractivity contribution in [2.24, 2.45) is 5.10 Å². The molecule has 0 heterocycles. The summed E-state index contributed by atoms with van der Waals surface area (Å²) in [6.07, 6.45) is 1.71. The maximum Gasteiger partial charge on any atom is 0.187 e. The summed E-state index contributed by atoms with van der Waals surface area (Å²) in [6, 6.07) is 27.4. The van der Waals surface area contributed by atoms with Crippen molar-refractivity contribution >= 4 is 23.5 Å². The zero-order valence-electron chi connectivity index (χ0n) is 16.0. The molecule has 0 saturated heterocycles. The third kappa shape index (κ3) is 7.63. The molecule has 0 aliphatic heterocycles. The van der Waals surface area contributed by atoms with E-state index in [0.29, 0.717) is 24.9 Å². The standard InChI is InChI=1S/C23H23N3O2S/c29-23(24-17-19-7-3-1-4-8-19)26-25-18-20-11-13-22(14-12-20)28-16-15-27-21-9-5-2-6-10-21/h1-14,18H,15-17H2,(H2,24,26,29). The Kier molecular flexibility index (Phi) is 8.04. The monoisotopic (exact) mass is 405 g/mol. The molecule has 3 aromatic carbocycles. The van der Waals surface area contributed by atoms with Gasteiger partial charge in [-0.05, 0) is 59.7 Å². The molecule has 3 aromatic rings. The largest absolute Gasteiger partial charge is 0.490 e. The summed E-state index contributed by atoms with van der Waals surface area (Å²) < 4.78 is 11.3. The molecule has 2 N–H and O–H groups in total. The first-order valence-corrected chi connectivity index (χ1v) is 9.72. The Morgan fingerprint density at radius 3 is 2.03 bits per heavy atom. The van der Waals surface area contributed by atoms with Gasteiger partial charge in [0, 0.05) is 6.54 Å². The van der Waals surface area contributed by atoms with Gasteiger partial charge in [0.2, 0.25) is 0 Å². The molecule has 3 rings (SSSR count). The Bertz CT molecular complexity index is 900. The molecule has 0 saturated carbocycles. The van der Waals surface area contributed by atoms with E-state index in [-0.39, 0.29) is 0 Å². The minimum Gasteiger partial charge on any atom is -0.490 e. The average Bonchev–Trinajstić information content (AvgIpc) is 2.78. The maximum absolute atomic E-state index is 5.68. The molecule has 5 nitrogen and oxygen atoms in total. The molecule has 0 radical (unpaired) electrons. The molecule has 0 fully saturated rings. The van der Waals surface area contributed by atoms with Crippen molar-refractivity contribution in [3.05, 3.63) is 96.1 Å². The third-order valence-corrected chi connectivity index (χ3v) is 4.16. The van der Waals surface area contributed by atoms with Crippen LogP contribution in [-0.4, -0.2) is 24.5 Å². The van der Waals surface area contributed by atoms with E-state index >= 15 is 0 Å². The Hall–Kier alpha value is -3.38. The second-order valence-electron chi connectivity index (χ2n) is 6.12. The van der Waals surface area contributed by atoms with E-state index in [2.05, 4.69) is 15.8 Å². The van der Waals surface area contributed by atoms with Crippen LogP contribution in [0.15, 0.2) is 90.0 Å². The molecular weight excluding hydrogens is 382 g/mol. The molecule has 0 atom stereocenters. The average molecular weight is 406 g/mol. The van der Waals surface area contributed by atoms with Gasteiger partial charge in [0.15, 0.2) is 5.11 Å². The maximum atomic E-state index is 5.68. The summed E-state index contributed by atoms with van der Waals surface area (Å²) in [6.45, 7) is 1.62. The first kappa shape index (κ1) is 20.4. The molecule has 0 unspecified atom stereocenters. The smallest absolute Gasteiger partial charge is 0.187 e. The van der Waals surface area contributed by atoms with Crippen molar-refractivity contribution < 1.29 is 9.47 Å². The molecule has 29 heavy (non-hydrogen) atoms. The van der Waals surface area contributed by atoms with Crippen molar-refractivity contribution in [3.8, 4) is 11.5 Å². The minimum atomic E-state index is 0.475. The molecule has 0 amide bonds. The van der Waals surface area contributed by atoms with Crippen molar-refractivity contribution in [2.75, 3.05) is 13.2 Å². The Morgan fingerprint density at radius 1 is 0.793 bits per heavy atom. The van der Waals surface area contributed by atoms with E-state index in [4.69, 9.17) is 21.7 Å². The number of nitrogens with one attached hydrogen (secondary N) is 2. The molecule has 148 valence electrons. The van der Waals surface area contributed by atoms with Gasteiger partial charge in [-0.2, -0.15) is 5.10 Å². The van der Waals surface area contributed by atoms with Crippen molar-refractivity contribution in [3.63, 3.8) is 0 Å². The summed E-state index contributed by atoms with van der Waals surface area (Å²) in [4.78, 5) is 0. The first-order chi connectivity index (χ1) is 14.3. The number of thiocarbonyl (C=S) groups is 1. The fourth-order valence-corrected chi connectivity index (χ4v) is 2.59. The lowest BCUT2D eigenvalue weighted by Gasteiger charge is -2.08. The van der Waals surface area contributed by atoms with E-state index < -0.39 is 0 Å². The van der Waals surface area contributed by atoms with Crippen LogP contribution in [0, 0.1) is 0 Å². The van der Waals surface area contributed by atoms with Gasteiger partial charge < -0.3 is 14.8 Å². The number of para-hydroxylation sites is 1. The summed E-state index contributed by atoms with van der Waals surface area (Å²) in [7, 11) is 0. The quantitative estimate of drug-likeness (QED) is 0.243. The van der Waals surface area contributed by atoms with Gasteiger partial charge in [0.25, 0.3) is 0 Å². The van der Waals surface area contributed by atoms with Crippen LogP contribution in [0.3, 0.4) is 0 Å². The SMILES string of the molecule is S=C(NCc1ccccc1)NN=Cc1ccc(OCCOc2ccccc2)cc1. The highest BCUT2D eigenvalue weighted by Gasteiger charge is 1.97. The van der Waals surface area contributed by atoms with Crippen LogP contribution in [0.5, 0.6) is 11.5 Å². The number of nitrogens with zero attached hydrogens (tertiary/aromatic N) is 1. The van der Waals surface area contributed by atoms with E-state index in [0.717, 1.165) is 22.6 Å². The number of hydrazone groups is 1. The fraction of sp³-hybridized carbons (Fsp3) is 0.130. The molecule has 0 bridgehead atoms. The number of benzene rings is 3. The van der Waals surface area contributed by atoms with Crippen molar-refractivity contribution in [1.29, 1.82) is 0 Å². The second-order valence-corrected chi connectivity index (χ2v) is 6.53. The van der Waals surface area contributed by atoms with Gasteiger partial charge in [-0.3, -0.25) is 5.43 Å². The van der Waals surface area contributed by atoms with Gasteiger partial charge in [-0.15, -0.1) is 0 Å². The third-order valence-electron chi connectivity index (χ3n) is 3.92. The lowest BCUT2D eigenvalue weighted by Crippen LogP contribution is -2.31. The zero-order valence-corrected chi connectivity index (χ0v) is 16.8. The highest BCUT2D eigenvalue weighted by Crippen LogP contribution is 2.12. The highest BCUT2D eigenvalue weighted by molar-refractivity contribution is 7.80. The van der Waals surface area contributed by atoms with E-state index in [1.54, 1.807) is 6.21 Å². The van der Waals surface area contributed by atoms with E-state index in [9.17, 15) is 0 Å². The summed E-state index contributed by atoms with van der Waals surface area (Å²) in [5.41, 5.74) is 4.91. The van der Waals surface area contributed by atoms with Crippen molar-refractivity contribution in [2.45, 2.75) is 6.54 Å². The second kappa shape index (κ2) is 11.5. The van der Waals surface area contributed by atoms with Crippen LogP contribution in [-0.2, 0) is 6.54 Å². The van der Waals surface area contributed by atoms with Crippen LogP contribution in [0.4, 0.5) is 0 Å². The predicted molar refractivity (Wildman–Crippen MR) is 120 cm³/mol. The normalized spacial score (nSPS) is 10.5. The molecular formula is C23H23N3O2S. The molecule has 6 heteroatoms. The van der Waals surface area contributed by atoms with Gasteiger partial charge in [0.1, 0.15) is 24.7 Å². The number of ether oxygens (including phenoxy) is 2.